The van der Waals surface area contributed by atoms with Crippen LogP contribution in [0.15, 0.2) is 57.7 Å². The second kappa shape index (κ2) is 9.90. The second-order valence-corrected chi connectivity index (χ2v) is 8.56. The molecule has 0 fully saturated rings. The molecule has 1 aliphatic rings. The number of carbonyl (C=O) groups is 2. The van der Waals surface area contributed by atoms with Crippen molar-refractivity contribution >= 4 is 23.0 Å². The molecule has 7 heteroatoms. The Morgan fingerprint density at radius 1 is 1.03 bits per heavy atom. The molecule has 0 saturated carbocycles. The van der Waals surface area contributed by atoms with Crippen LogP contribution in [0.4, 0.5) is 4.79 Å². The summed E-state index contributed by atoms with van der Waals surface area (Å²) in [5.74, 6) is -0.606. The van der Waals surface area contributed by atoms with Gasteiger partial charge < -0.3 is 19.2 Å². The van der Waals surface area contributed by atoms with Crippen LogP contribution < -0.4 is 15.7 Å². The van der Waals surface area contributed by atoms with Crippen LogP contribution in [0.3, 0.4) is 0 Å². The van der Waals surface area contributed by atoms with E-state index in [1.54, 1.807) is 26.0 Å². The van der Waals surface area contributed by atoms with Crippen molar-refractivity contribution in [2.45, 2.75) is 52.2 Å². The fourth-order valence-electron chi connectivity index (χ4n) is 4.06. The molecule has 33 heavy (non-hydrogen) atoms. The molecule has 1 aromatic heterocycles. The first-order valence-electron chi connectivity index (χ1n) is 11.2. The van der Waals surface area contributed by atoms with Gasteiger partial charge in [-0.3, -0.25) is 0 Å². The molecule has 0 saturated heterocycles. The number of fused-ring (bicyclic) bond motifs is 3. The van der Waals surface area contributed by atoms with Crippen molar-refractivity contribution in [1.29, 1.82) is 0 Å². The normalized spacial score (nSPS) is 13.9. The van der Waals surface area contributed by atoms with E-state index < -0.39 is 18.1 Å². The van der Waals surface area contributed by atoms with Gasteiger partial charge in [0, 0.05) is 17.0 Å². The Labute approximate surface area is 191 Å². The van der Waals surface area contributed by atoms with Gasteiger partial charge in [0.2, 0.25) is 0 Å². The van der Waals surface area contributed by atoms with Gasteiger partial charge in [-0.25, -0.2) is 14.4 Å². The summed E-state index contributed by atoms with van der Waals surface area (Å²) in [7, 11) is 0. The Hall–Kier alpha value is -3.61. The van der Waals surface area contributed by atoms with Gasteiger partial charge in [0.25, 0.3) is 0 Å². The molecule has 0 aliphatic heterocycles. The maximum Gasteiger partial charge on any atom is 0.408 e. The Morgan fingerprint density at radius 3 is 2.48 bits per heavy atom. The monoisotopic (exact) mass is 449 g/mol. The molecular weight excluding hydrogens is 422 g/mol. The van der Waals surface area contributed by atoms with Crippen LogP contribution in [0, 0.1) is 5.92 Å². The highest BCUT2D eigenvalue weighted by atomic mass is 16.6. The van der Waals surface area contributed by atoms with E-state index >= 15 is 0 Å². The lowest BCUT2D eigenvalue weighted by Crippen LogP contribution is -2.46. The van der Waals surface area contributed by atoms with Crippen LogP contribution in [-0.4, -0.2) is 18.1 Å². The van der Waals surface area contributed by atoms with E-state index in [-0.39, 0.29) is 23.9 Å². The zero-order chi connectivity index (χ0) is 23.4. The fourth-order valence-corrected chi connectivity index (χ4v) is 4.06. The summed E-state index contributed by atoms with van der Waals surface area (Å²) in [4.78, 5) is 37.4. The van der Waals surface area contributed by atoms with Gasteiger partial charge in [0.05, 0.1) is 0 Å². The number of alkyl carbamates (subject to hydrolysis) is 1. The number of esters is 1. The highest BCUT2D eigenvalue weighted by Crippen LogP contribution is 2.29. The Kier molecular flexibility index (Phi) is 6.77. The molecule has 0 unspecified atom stereocenters. The third-order valence-electron chi connectivity index (χ3n) is 5.82. The minimum atomic E-state index is -0.903. The van der Waals surface area contributed by atoms with Gasteiger partial charge in [0.15, 0.2) is 0 Å². The maximum absolute atomic E-state index is 12.8. The van der Waals surface area contributed by atoms with Gasteiger partial charge in [-0.15, -0.1) is 0 Å². The van der Waals surface area contributed by atoms with Crippen molar-refractivity contribution in [3.63, 3.8) is 0 Å². The molecule has 1 heterocycles. The van der Waals surface area contributed by atoms with Crippen molar-refractivity contribution in [2.24, 2.45) is 5.92 Å². The first-order chi connectivity index (χ1) is 15.9. The van der Waals surface area contributed by atoms with Gasteiger partial charge in [0.1, 0.15) is 24.0 Å². The van der Waals surface area contributed by atoms with Gasteiger partial charge in [-0.1, -0.05) is 44.2 Å². The highest BCUT2D eigenvalue weighted by Gasteiger charge is 2.27. The molecule has 1 amide bonds. The Balaban J connectivity index is 1.45. The Morgan fingerprint density at radius 2 is 1.76 bits per heavy atom. The summed E-state index contributed by atoms with van der Waals surface area (Å²) in [5.41, 5.74) is 2.67. The molecule has 1 atom stereocenters. The number of ether oxygens (including phenoxy) is 2. The lowest BCUT2D eigenvalue weighted by Gasteiger charge is -2.21. The van der Waals surface area contributed by atoms with Crippen LogP contribution in [0.5, 0.6) is 5.75 Å². The summed E-state index contributed by atoms with van der Waals surface area (Å²) >= 11 is 0. The van der Waals surface area contributed by atoms with Crippen molar-refractivity contribution < 1.29 is 23.5 Å². The first kappa shape index (κ1) is 22.6. The van der Waals surface area contributed by atoms with Crippen molar-refractivity contribution in [2.75, 3.05) is 0 Å². The van der Waals surface area contributed by atoms with E-state index in [0.29, 0.717) is 5.58 Å². The number of hydrogen-bond acceptors (Lipinski definition) is 6. The van der Waals surface area contributed by atoms with Crippen molar-refractivity contribution in [3.8, 4) is 5.75 Å². The van der Waals surface area contributed by atoms with E-state index in [0.717, 1.165) is 47.8 Å². The lowest BCUT2D eigenvalue weighted by atomic mass is 9.91. The van der Waals surface area contributed by atoms with E-state index in [2.05, 4.69) is 5.32 Å². The molecular formula is C26H27NO6. The number of aryl methyl sites for hydroxylation is 1. The van der Waals surface area contributed by atoms with E-state index in [1.165, 1.54) is 0 Å². The van der Waals surface area contributed by atoms with Crippen LogP contribution in [0.1, 0.15) is 43.4 Å². The molecule has 0 bridgehead atoms. The average molecular weight is 450 g/mol. The highest BCUT2D eigenvalue weighted by molar-refractivity contribution is 5.86. The molecule has 1 N–H and O–H groups in total. The van der Waals surface area contributed by atoms with Crippen molar-refractivity contribution in [1.82, 2.24) is 5.32 Å². The number of hydrogen-bond donors (Lipinski definition) is 1. The van der Waals surface area contributed by atoms with Crippen LogP contribution in [-0.2, 0) is 29.0 Å². The number of amides is 1. The van der Waals surface area contributed by atoms with Gasteiger partial charge in [-0.05, 0) is 54.9 Å². The zero-order valence-corrected chi connectivity index (χ0v) is 18.8. The molecule has 7 nitrogen and oxygen atoms in total. The van der Waals surface area contributed by atoms with Crippen molar-refractivity contribution in [3.05, 3.63) is 75.6 Å². The Bertz CT molecular complexity index is 1210. The van der Waals surface area contributed by atoms with Crippen LogP contribution in [0.25, 0.3) is 11.0 Å². The number of nitrogens with one attached hydrogen (secondary N) is 1. The second-order valence-electron chi connectivity index (χ2n) is 8.56. The predicted molar refractivity (Wildman–Crippen MR) is 123 cm³/mol. The predicted octanol–water partition coefficient (Wildman–Crippen LogP) is 4.53. The minimum absolute atomic E-state index is 0.0978. The molecule has 0 spiro atoms. The summed E-state index contributed by atoms with van der Waals surface area (Å²) < 4.78 is 16.2. The number of benzene rings is 2. The summed E-state index contributed by atoms with van der Waals surface area (Å²) in [5, 5.41) is 3.45. The largest absolute Gasteiger partial charge is 0.445 e. The van der Waals surface area contributed by atoms with Gasteiger partial charge >= 0.3 is 17.7 Å². The molecule has 172 valence electrons. The average Bonchev–Trinajstić information content (AvgIpc) is 2.81. The molecule has 1 aliphatic carbocycles. The summed E-state index contributed by atoms with van der Waals surface area (Å²) in [6.45, 7) is 3.70. The van der Waals surface area contributed by atoms with Crippen LogP contribution in [0.2, 0.25) is 0 Å². The van der Waals surface area contributed by atoms with Gasteiger partial charge in [-0.2, -0.15) is 0 Å². The quantitative estimate of drug-likeness (QED) is 0.338. The third kappa shape index (κ3) is 5.25. The lowest BCUT2D eigenvalue weighted by molar-refractivity contribution is -0.137. The van der Waals surface area contributed by atoms with Crippen LogP contribution >= 0.6 is 0 Å². The van der Waals surface area contributed by atoms with E-state index in [9.17, 15) is 14.4 Å². The summed E-state index contributed by atoms with van der Waals surface area (Å²) in [6.07, 6.45) is 2.87. The molecule has 3 aromatic rings. The summed E-state index contributed by atoms with van der Waals surface area (Å²) in [6, 6.07) is 13.4. The maximum atomic E-state index is 12.8. The number of rotatable bonds is 6. The minimum Gasteiger partial charge on any atom is -0.445 e. The zero-order valence-electron chi connectivity index (χ0n) is 18.8. The topological polar surface area (TPSA) is 94.8 Å². The fraction of sp³-hybridized carbons (Fsp3) is 0.346. The van der Waals surface area contributed by atoms with E-state index in [4.69, 9.17) is 13.9 Å². The molecule has 2 aromatic carbocycles. The molecule has 0 radical (unpaired) electrons. The number of carbonyl (C=O) groups excluding carboxylic acids is 2. The smallest absolute Gasteiger partial charge is 0.408 e. The molecule has 4 rings (SSSR count). The van der Waals surface area contributed by atoms with E-state index in [1.807, 2.05) is 36.4 Å². The standard InChI is InChI=1S/C26H27NO6/c1-16(2)23(27-26(30)31-15-17-8-4-3-5-9-17)25(29)32-18-12-13-20-19-10-6-7-11-21(19)24(28)33-22(20)14-18/h3-5,8-9,12-14,16,23H,6-7,10-11,15H2,1-2H3,(H,27,30)/t23-/m0/s1. The SMILES string of the molecule is CC(C)[C@H](NC(=O)OCc1ccccc1)C(=O)Oc1ccc2c3c(c(=O)oc2c1)CCCC3. The first-order valence-corrected chi connectivity index (χ1v) is 11.2. The third-order valence-corrected chi connectivity index (χ3v) is 5.82.